The molecule has 1 aliphatic rings. The molecule has 22 heavy (non-hydrogen) atoms. The fourth-order valence-corrected chi connectivity index (χ4v) is 3.12. The van der Waals surface area contributed by atoms with Gasteiger partial charge in [0.25, 0.3) is 0 Å². The molecule has 3 aromatic heterocycles. The van der Waals surface area contributed by atoms with Crippen LogP contribution in [0.1, 0.15) is 23.6 Å². The van der Waals surface area contributed by atoms with Gasteiger partial charge in [0.15, 0.2) is 0 Å². The molecule has 3 aromatic rings. The van der Waals surface area contributed by atoms with Crippen LogP contribution in [0.2, 0.25) is 0 Å². The third-order valence-corrected chi connectivity index (χ3v) is 4.24. The quantitative estimate of drug-likeness (QED) is 0.743. The molecule has 0 fully saturated rings. The summed E-state index contributed by atoms with van der Waals surface area (Å²) >= 11 is 0. The highest BCUT2D eigenvalue weighted by Crippen LogP contribution is 2.19. The molecule has 0 saturated heterocycles. The van der Waals surface area contributed by atoms with Gasteiger partial charge in [0, 0.05) is 32.0 Å². The molecular weight excluding hydrogens is 276 g/mol. The van der Waals surface area contributed by atoms with Crippen LogP contribution in [0.25, 0.3) is 0 Å². The monoisotopic (exact) mass is 296 g/mol. The molecule has 0 spiro atoms. The molecule has 0 aliphatic carbocycles. The zero-order valence-corrected chi connectivity index (χ0v) is 12.6. The number of aryl methyl sites for hydroxylation is 1. The van der Waals surface area contributed by atoms with Gasteiger partial charge in [0.05, 0.1) is 37.1 Å². The van der Waals surface area contributed by atoms with Crippen LogP contribution >= 0.6 is 0 Å². The van der Waals surface area contributed by atoms with Gasteiger partial charge in [-0.2, -0.15) is 0 Å². The molecule has 0 amide bonds. The van der Waals surface area contributed by atoms with Crippen molar-refractivity contribution in [1.29, 1.82) is 0 Å². The molecule has 4 heterocycles. The molecule has 5 heteroatoms. The van der Waals surface area contributed by atoms with E-state index in [1.54, 1.807) is 6.26 Å². The van der Waals surface area contributed by atoms with Crippen molar-refractivity contribution in [3.8, 4) is 0 Å². The molecule has 1 aliphatic heterocycles. The number of aromatic nitrogens is 3. The van der Waals surface area contributed by atoms with Gasteiger partial charge >= 0.3 is 0 Å². The Bertz CT molecular complexity index is 712. The van der Waals surface area contributed by atoms with Crippen LogP contribution in [0.5, 0.6) is 0 Å². The van der Waals surface area contributed by atoms with E-state index in [0.717, 1.165) is 44.9 Å². The van der Waals surface area contributed by atoms with Gasteiger partial charge < -0.3 is 13.6 Å². The van der Waals surface area contributed by atoms with Gasteiger partial charge in [0.2, 0.25) is 0 Å². The Morgan fingerprint density at radius 1 is 1.09 bits per heavy atom. The lowest BCUT2D eigenvalue weighted by Crippen LogP contribution is -2.23. The van der Waals surface area contributed by atoms with Crippen molar-refractivity contribution in [2.75, 3.05) is 6.54 Å². The molecule has 4 rings (SSSR count). The van der Waals surface area contributed by atoms with Crippen molar-refractivity contribution in [3.05, 3.63) is 66.4 Å². The maximum Gasteiger partial charge on any atom is 0.117 e. The molecular formula is C17H20N4O. The number of hydrogen-bond acceptors (Lipinski definition) is 3. The van der Waals surface area contributed by atoms with Crippen LogP contribution in [0.3, 0.4) is 0 Å². The van der Waals surface area contributed by atoms with Crippen LogP contribution in [0, 0.1) is 0 Å². The van der Waals surface area contributed by atoms with E-state index in [4.69, 9.17) is 4.42 Å². The third kappa shape index (κ3) is 2.72. The predicted octanol–water partition coefficient (Wildman–Crippen LogP) is 2.73. The molecule has 5 nitrogen and oxygen atoms in total. The van der Waals surface area contributed by atoms with E-state index in [-0.39, 0.29) is 0 Å². The van der Waals surface area contributed by atoms with Gasteiger partial charge in [-0.3, -0.25) is 4.90 Å². The molecule has 0 unspecified atom stereocenters. The summed E-state index contributed by atoms with van der Waals surface area (Å²) in [5, 5.41) is 0. The molecule has 0 atom stereocenters. The van der Waals surface area contributed by atoms with Crippen molar-refractivity contribution in [1.82, 2.24) is 19.0 Å². The summed E-state index contributed by atoms with van der Waals surface area (Å²) in [4.78, 5) is 7.08. The SMILES string of the molecule is c1coc(CN2CCCn3cnc(Cn4cccc4)c3C2)c1. The standard InChI is InChI=1S/C17H20N4O/c1-2-7-19(6-1)12-16-17-13-20(11-15-5-3-10-22-15)8-4-9-21(17)14-18-16/h1-3,5-7,10,14H,4,8-9,11-13H2. The summed E-state index contributed by atoms with van der Waals surface area (Å²) in [5.41, 5.74) is 2.50. The van der Waals surface area contributed by atoms with Gasteiger partial charge in [-0.15, -0.1) is 0 Å². The highest BCUT2D eigenvalue weighted by molar-refractivity contribution is 5.15. The van der Waals surface area contributed by atoms with Gasteiger partial charge in [-0.05, 0) is 30.7 Å². The zero-order chi connectivity index (χ0) is 14.8. The Kier molecular flexibility index (Phi) is 3.56. The Hall–Kier alpha value is -2.27. The molecule has 0 radical (unpaired) electrons. The van der Waals surface area contributed by atoms with Crippen molar-refractivity contribution < 1.29 is 4.42 Å². The van der Waals surface area contributed by atoms with Crippen LogP contribution < -0.4 is 0 Å². The lowest BCUT2D eigenvalue weighted by Gasteiger charge is -2.18. The number of imidazole rings is 1. The average molecular weight is 296 g/mol. The van der Waals surface area contributed by atoms with Crippen molar-refractivity contribution in [3.63, 3.8) is 0 Å². The van der Waals surface area contributed by atoms with E-state index in [2.05, 4.69) is 43.5 Å². The second-order valence-corrected chi connectivity index (χ2v) is 5.83. The number of fused-ring (bicyclic) bond motifs is 1. The summed E-state index contributed by atoms with van der Waals surface area (Å²) in [6, 6.07) is 8.10. The highest BCUT2D eigenvalue weighted by Gasteiger charge is 2.19. The first-order valence-corrected chi connectivity index (χ1v) is 7.77. The third-order valence-electron chi connectivity index (χ3n) is 4.24. The van der Waals surface area contributed by atoms with Crippen LogP contribution in [-0.4, -0.2) is 25.6 Å². The minimum atomic E-state index is 0.837. The zero-order valence-electron chi connectivity index (χ0n) is 12.6. The van der Waals surface area contributed by atoms with Gasteiger partial charge in [-0.25, -0.2) is 4.98 Å². The molecule has 0 N–H and O–H groups in total. The molecule has 0 aromatic carbocycles. The lowest BCUT2D eigenvalue weighted by atomic mass is 10.2. The second-order valence-electron chi connectivity index (χ2n) is 5.83. The number of hydrogen-bond donors (Lipinski definition) is 0. The van der Waals surface area contributed by atoms with E-state index in [1.807, 2.05) is 18.5 Å². The number of rotatable bonds is 4. The first kappa shape index (κ1) is 13.4. The summed E-state index contributed by atoms with van der Waals surface area (Å²) in [5.74, 6) is 1.03. The van der Waals surface area contributed by atoms with E-state index in [0.29, 0.717) is 0 Å². The maximum absolute atomic E-state index is 5.49. The fourth-order valence-electron chi connectivity index (χ4n) is 3.12. The smallest absolute Gasteiger partial charge is 0.117 e. The maximum atomic E-state index is 5.49. The molecule has 114 valence electrons. The van der Waals surface area contributed by atoms with E-state index >= 15 is 0 Å². The van der Waals surface area contributed by atoms with Crippen molar-refractivity contribution in [2.45, 2.75) is 32.6 Å². The minimum Gasteiger partial charge on any atom is -0.468 e. The lowest BCUT2D eigenvalue weighted by molar-refractivity contribution is 0.238. The summed E-state index contributed by atoms with van der Waals surface area (Å²) in [7, 11) is 0. The Morgan fingerprint density at radius 3 is 2.82 bits per heavy atom. The first-order valence-electron chi connectivity index (χ1n) is 7.77. The van der Waals surface area contributed by atoms with E-state index in [1.165, 1.54) is 11.4 Å². The Labute approximate surface area is 129 Å². The molecule has 0 bridgehead atoms. The summed E-state index contributed by atoms with van der Waals surface area (Å²) in [6.07, 6.45) is 9.05. The van der Waals surface area contributed by atoms with E-state index in [9.17, 15) is 0 Å². The number of nitrogens with zero attached hydrogens (tertiary/aromatic N) is 4. The summed E-state index contributed by atoms with van der Waals surface area (Å²) in [6.45, 7) is 4.76. The topological polar surface area (TPSA) is 39.1 Å². The minimum absolute atomic E-state index is 0.837. The number of furan rings is 1. The predicted molar refractivity (Wildman–Crippen MR) is 83.2 cm³/mol. The summed E-state index contributed by atoms with van der Waals surface area (Å²) < 4.78 is 9.97. The van der Waals surface area contributed by atoms with Gasteiger partial charge in [0.1, 0.15) is 5.76 Å². The van der Waals surface area contributed by atoms with Crippen LogP contribution in [0.15, 0.2) is 53.7 Å². The van der Waals surface area contributed by atoms with E-state index < -0.39 is 0 Å². The van der Waals surface area contributed by atoms with Crippen LogP contribution in [-0.2, 0) is 26.2 Å². The van der Waals surface area contributed by atoms with Crippen LogP contribution in [0.4, 0.5) is 0 Å². The first-order chi connectivity index (χ1) is 10.9. The normalized spacial score (nSPS) is 15.6. The Balaban J connectivity index is 1.55. The fraction of sp³-hybridized carbons (Fsp3) is 0.353. The van der Waals surface area contributed by atoms with Gasteiger partial charge in [-0.1, -0.05) is 0 Å². The largest absolute Gasteiger partial charge is 0.468 e. The van der Waals surface area contributed by atoms with Crippen molar-refractivity contribution >= 4 is 0 Å². The van der Waals surface area contributed by atoms with Crippen molar-refractivity contribution in [2.24, 2.45) is 0 Å². The Morgan fingerprint density at radius 2 is 2.00 bits per heavy atom. The molecule has 0 saturated carbocycles. The highest BCUT2D eigenvalue weighted by atomic mass is 16.3. The second kappa shape index (κ2) is 5.85. The average Bonchev–Trinajstić information content (AvgIpc) is 3.24.